The highest BCUT2D eigenvalue weighted by atomic mass is 16.5. The zero-order valence-electron chi connectivity index (χ0n) is 21.9. The van der Waals surface area contributed by atoms with Gasteiger partial charge in [0, 0.05) is 32.0 Å². The van der Waals surface area contributed by atoms with E-state index >= 15 is 0 Å². The Morgan fingerprint density at radius 2 is 1.35 bits per heavy atom. The van der Waals surface area contributed by atoms with E-state index < -0.39 is 0 Å². The molecule has 2 heterocycles. The molecule has 194 valence electrons. The lowest BCUT2D eigenvalue weighted by atomic mass is 9.90. The van der Waals surface area contributed by atoms with E-state index in [0.717, 1.165) is 56.8 Å². The Hall–Kier alpha value is -2.95. The molecule has 2 aliphatic heterocycles. The van der Waals surface area contributed by atoms with Crippen LogP contribution in [0.4, 0.5) is 0 Å². The minimum Gasteiger partial charge on any atom is -0.490 e. The number of para-hydroxylation sites is 1. The van der Waals surface area contributed by atoms with Crippen molar-refractivity contribution in [3.8, 4) is 5.75 Å². The SMILES string of the molecule is O=C(CCCN1CCCC1)c1ccccc1OC1CCN(CC(c2ccccc2)c2ccccc2)CC1. The average Bonchev–Trinajstić information content (AvgIpc) is 3.47. The molecule has 3 aromatic rings. The molecule has 3 aromatic carbocycles. The predicted octanol–water partition coefficient (Wildman–Crippen LogP) is 6.42. The Bertz CT molecular complexity index is 1060. The largest absolute Gasteiger partial charge is 0.490 e. The predicted molar refractivity (Wildman–Crippen MR) is 150 cm³/mol. The Labute approximate surface area is 222 Å². The van der Waals surface area contributed by atoms with Crippen LogP contribution < -0.4 is 4.74 Å². The van der Waals surface area contributed by atoms with Crippen LogP contribution in [0.25, 0.3) is 0 Å². The highest BCUT2D eigenvalue weighted by molar-refractivity contribution is 5.98. The normalized spacial score (nSPS) is 17.3. The quantitative estimate of drug-likeness (QED) is 0.287. The minimum absolute atomic E-state index is 0.154. The Morgan fingerprint density at radius 3 is 2.00 bits per heavy atom. The van der Waals surface area contributed by atoms with E-state index in [4.69, 9.17) is 4.74 Å². The Balaban J connectivity index is 1.15. The van der Waals surface area contributed by atoms with E-state index in [2.05, 4.69) is 70.5 Å². The van der Waals surface area contributed by atoms with Crippen LogP contribution in [0, 0.1) is 0 Å². The van der Waals surface area contributed by atoms with Gasteiger partial charge in [0.1, 0.15) is 11.9 Å². The van der Waals surface area contributed by atoms with Gasteiger partial charge in [-0.2, -0.15) is 0 Å². The van der Waals surface area contributed by atoms with Gasteiger partial charge < -0.3 is 14.5 Å². The molecule has 2 aliphatic rings. The standard InChI is InChI=1S/C33H40N2O2/c36-32(17-11-23-34-21-9-10-22-34)30-16-7-8-18-33(30)37-29-19-24-35(25-20-29)26-31(27-12-3-1-4-13-27)28-14-5-2-6-15-28/h1-8,12-16,18,29,31H,9-11,17,19-26H2. The summed E-state index contributed by atoms with van der Waals surface area (Å²) in [6.07, 6.45) is 6.22. The molecule has 0 aliphatic carbocycles. The summed E-state index contributed by atoms with van der Waals surface area (Å²) < 4.78 is 6.45. The molecule has 4 heteroatoms. The molecule has 2 fully saturated rings. The van der Waals surface area contributed by atoms with Gasteiger partial charge in [0.05, 0.1) is 5.56 Å². The van der Waals surface area contributed by atoms with Crippen LogP contribution in [0.2, 0.25) is 0 Å². The molecular weight excluding hydrogens is 456 g/mol. The molecule has 0 spiro atoms. The van der Waals surface area contributed by atoms with E-state index in [1.54, 1.807) is 0 Å². The van der Waals surface area contributed by atoms with Gasteiger partial charge >= 0.3 is 0 Å². The third-order valence-corrected chi connectivity index (χ3v) is 7.94. The summed E-state index contributed by atoms with van der Waals surface area (Å²) in [5.41, 5.74) is 3.48. The summed E-state index contributed by atoms with van der Waals surface area (Å²) in [4.78, 5) is 18.1. The number of rotatable bonds is 11. The first-order chi connectivity index (χ1) is 18.3. The number of benzene rings is 3. The van der Waals surface area contributed by atoms with Crippen molar-refractivity contribution in [2.75, 3.05) is 39.3 Å². The number of carbonyl (C=O) groups excluding carboxylic acids is 1. The van der Waals surface area contributed by atoms with Crippen molar-refractivity contribution in [1.82, 2.24) is 9.80 Å². The fourth-order valence-corrected chi connectivity index (χ4v) is 5.83. The maximum atomic E-state index is 13.0. The molecule has 0 unspecified atom stereocenters. The van der Waals surface area contributed by atoms with Crippen molar-refractivity contribution in [3.05, 3.63) is 102 Å². The van der Waals surface area contributed by atoms with E-state index in [1.165, 1.54) is 37.1 Å². The zero-order chi connectivity index (χ0) is 25.3. The van der Waals surface area contributed by atoms with Crippen molar-refractivity contribution in [3.63, 3.8) is 0 Å². The van der Waals surface area contributed by atoms with Crippen LogP contribution in [-0.2, 0) is 0 Å². The lowest BCUT2D eigenvalue weighted by molar-refractivity contribution is 0.0914. The monoisotopic (exact) mass is 496 g/mol. The van der Waals surface area contributed by atoms with Crippen molar-refractivity contribution < 1.29 is 9.53 Å². The van der Waals surface area contributed by atoms with Crippen molar-refractivity contribution in [1.29, 1.82) is 0 Å². The molecule has 4 nitrogen and oxygen atoms in total. The molecule has 37 heavy (non-hydrogen) atoms. The second kappa shape index (κ2) is 13.0. The van der Waals surface area contributed by atoms with Gasteiger partial charge in [0.25, 0.3) is 0 Å². The number of Topliss-reactive ketones (excluding diaryl/α,β-unsaturated/α-hetero) is 1. The maximum absolute atomic E-state index is 13.0. The number of piperidine rings is 1. The molecule has 0 amide bonds. The molecule has 0 saturated carbocycles. The summed E-state index contributed by atoms with van der Waals surface area (Å²) in [6.45, 7) is 6.42. The van der Waals surface area contributed by atoms with E-state index in [0.29, 0.717) is 12.3 Å². The van der Waals surface area contributed by atoms with Crippen LogP contribution in [-0.4, -0.2) is 61.0 Å². The summed E-state index contributed by atoms with van der Waals surface area (Å²) in [5.74, 6) is 1.33. The van der Waals surface area contributed by atoms with Gasteiger partial charge in [-0.1, -0.05) is 72.8 Å². The van der Waals surface area contributed by atoms with Crippen LogP contribution >= 0.6 is 0 Å². The van der Waals surface area contributed by atoms with Crippen molar-refractivity contribution >= 4 is 5.78 Å². The molecule has 0 aromatic heterocycles. The number of hydrogen-bond donors (Lipinski definition) is 0. The Morgan fingerprint density at radius 1 is 0.757 bits per heavy atom. The van der Waals surface area contributed by atoms with E-state index in [9.17, 15) is 4.79 Å². The first-order valence-corrected chi connectivity index (χ1v) is 14.1. The first kappa shape index (κ1) is 25.7. The maximum Gasteiger partial charge on any atom is 0.166 e. The van der Waals surface area contributed by atoms with E-state index in [-0.39, 0.29) is 11.9 Å². The smallest absolute Gasteiger partial charge is 0.166 e. The fraction of sp³-hybridized carbons (Fsp3) is 0.424. The highest BCUT2D eigenvalue weighted by Crippen LogP contribution is 2.29. The number of ketones is 1. The van der Waals surface area contributed by atoms with Crippen LogP contribution in [0.15, 0.2) is 84.9 Å². The van der Waals surface area contributed by atoms with Gasteiger partial charge in [0.15, 0.2) is 5.78 Å². The summed E-state index contributed by atoms with van der Waals surface area (Å²) in [6, 6.07) is 29.5. The number of likely N-dealkylation sites (tertiary alicyclic amines) is 2. The van der Waals surface area contributed by atoms with Gasteiger partial charge in [-0.15, -0.1) is 0 Å². The molecule has 0 radical (unpaired) electrons. The van der Waals surface area contributed by atoms with Crippen LogP contribution in [0.1, 0.15) is 65.9 Å². The van der Waals surface area contributed by atoms with Gasteiger partial charge in [-0.3, -0.25) is 4.79 Å². The fourth-order valence-electron chi connectivity index (χ4n) is 5.83. The number of carbonyl (C=O) groups is 1. The minimum atomic E-state index is 0.154. The van der Waals surface area contributed by atoms with Gasteiger partial charge in [0.2, 0.25) is 0 Å². The second-order valence-electron chi connectivity index (χ2n) is 10.6. The topological polar surface area (TPSA) is 32.8 Å². The van der Waals surface area contributed by atoms with Crippen molar-refractivity contribution in [2.45, 2.75) is 50.5 Å². The molecule has 0 N–H and O–H groups in total. The van der Waals surface area contributed by atoms with Crippen LogP contribution in [0.3, 0.4) is 0 Å². The summed E-state index contributed by atoms with van der Waals surface area (Å²) in [7, 11) is 0. The van der Waals surface area contributed by atoms with Gasteiger partial charge in [-0.25, -0.2) is 0 Å². The highest BCUT2D eigenvalue weighted by Gasteiger charge is 2.25. The molecule has 0 bridgehead atoms. The van der Waals surface area contributed by atoms with Crippen molar-refractivity contribution in [2.24, 2.45) is 0 Å². The lowest BCUT2D eigenvalue weighted by Gasteiger charge is -2.35. The molecule has 2 saturated heterocycles. The lowest BCUT2D eigenvalue weighted by Crippen LogP contribution is -2.40. The van der Waals surface area contributed by atoms with Gasteiger partial charge in [-0.05, 0) is 75.0 Å². The van der Waals surface area contributed by atoms with Crippen LogP contribution in [0.5, 0.6) is 5.75 Å². The van der Waals surface area contributed by atoms with E-state index in [1.807, 2.05) is 24.3 Å². The zero-order valence-corrected chi connectivity index (χ0v) is 21.9. The molecular formula is C33H40N2O2. The third kappa shape index (κ3) is 7.09. The Kier molecular flexibility index (Phi) is 9.04. The third-order valence-electron chi connectivity index (χ3n) is 7.94. The average molecular weight is 497 g/mol. The molecule has 0 atom stereocenters. The number of hydrogen-bond acceptors (Lipinski definition) is 4. The summed E-state index contributed by atoms with van der Waals surface area (Å²) in [5, 5.41) is 0. The second-order valence-corrected chi connectivity index (χ2v) is 10.6. The first-order valence-electron chi connectivity index (χ1n) is 14.1. The number of nitrogens with zero attached hydrogens (tertiary/aromatic N) is 2. The summed E-state index contributed by atoms with van der Waals surface area (Å²) >= 11 is 0. The molecule has 5 rings (SSSR count). The number of ether oxygens (including phenoxy) is 1.